The zero-order valence-electron chi connectivity index (χ0n) is 10.6. The van der Waals surface area contributed by atoms with Gasteiger partial charge in [0.25, 0.3) is 0 Å². The Hall–Kier alpha value is -1.52. The molecule has 0 saturated carbocycles. The van der Waals surface area contributed by atoms with E-state index in [0.717, 1.165) is 18.4 Å². The fourth-order valence-corrected chi connectivity index (χ4v) is 1.88. The lowest BCUT2D eigenvalue weighted by Gasteiger charge is -2.08. The van der Waals surface area contributed by atoms with Gasteiger partial charge in [-0.3, -0.25) is 0 Å². The molecular weight excluding hydrogens is 214 g/mol. The fraction of sp³-hybridized carbons (Fsp3) is 0.667. The van der Waals surface area contributed by atoms with Crippen molar-refractivity contribution in [3.05, 3.63) is 5.56 Å². The molecule has 1 heterocycles. The van der Waals surface area contributed by atoms with E-state index in [9.17, 15) is 0 Å². The lowest BCUT2D eigenvalue weighted by molar-refractivity contribution is 0.607. The number of rotatable bonds is 7. The molecule has 0 aliphatic heterocycles. The quantitative estimate of drug-likeness (QED) is 0.630. The van der Waals surface area contributed by atoms with E-state index in [1.807, 2.05) is 0 Å². The molecule has 0 unspecified atom stereocenters. The highest BCUT2D eigenvalue weighted by atomic mass is 15.1. The smallest absolute Gasteiger partial charge is 0.223 e. The maximum absolute atomic E-state index is 5.77. The first-order valence-corrected chi connectivity index (χ1v) is 6.32. The molecule has 96 valence electrons. The SMILES string of the molecule is CCCCCCCCc1c(N)nc(N)nc1N. The fourth-order valence-electron chi connectivity index (χ4n) is 1.88. The number of hydrogen-bond acceptors (Lipinski definition) is 5. The van der Waals surface area contributed by atoms with Crippen LogP contribution in [0.25, 0.3) is 0 Å². The Morgan fingerprint density at radius 1 is 0.824 bits per heavy atom. The van der Waals surface area contributed by atoms with Crippen molar-refractivity contribution < 1.29 is 0 Å². The largest absolute Gasteiger partial charge is 0.383 e. The average molecular weight is 237 g/mol. The van der Waals surface area contributed by atoms with E-state index in [2.05, 4.69) is 16.9 Å². The molecule has 0 radical (unpaired) electrons. The monoisotopic (exact) mass is 237 g/mol. The van der Waals surface area contributed by atoms with Crippen LogP contribution in [-0.4, -0.2) is 9.97 Å². The predicted octanol–water partition coefficient (Wildman–Crippen LogP) is 2.13. The van der Waals surface area contributed by atoms with Gasteiger partial charge in [0.2, 0.25) is 5.95 Å². The van der Waals surface area contributed by atoms with E-state index in [4.69, 9.17) is 17.2 Å². The first kappa shape index (κ1) is 13.5. The minimum absolute atomic E-state index is 0.145. The van der Waals surface area contributed by atoms with Gasteiger partial charge < -0.3 is 17.2 Å². The predicted molar refractivity (Wildman–Crippen MR) is 72.3 cm³/mol. The molecule has 17 heavy (non-hydrogen) atoms. The van der Waals surface area contributed by atoms with Gasteiger partial charge >= 0.3 is 0 Å². The second kappa shape index (κ2) is 6.93. The Bertz CT molecular complexity index is 328. The second-order valence-corrected chi connectivity index (χ2v) is 4.35. The highest BCUT2D eigenvalue weighted by Crippen LogP contribution is 2.19. The molecule has 0 aliphatic carbocycles. The van der Waals surface area contributed by atoms with Crippen molar-refractivity contribution in [1.29, 1.82) is 0 Å². The van der Waals surface area contributed by atoms with E-state index < -0.39 is 0 Å². The van der Waals surface area contributed by atoms with Crippen LogP contribution >= 0.6 is 0 Å². The number of aromatic nitrogens is 2. The summed E-state index contributed by atoms with van der Waals surface area (Å²) >= 11 is 0. The topological polar surface area (TPSA) is 104 Å². The van der Waals surface area contributed by atoms with Crippen molar-refractivity contribution in [2.24, 2.45) is 0 Å². The highest BCUT2D eigenvalue weighted by molar-refractivity contribution is 5.55. The van der Waals surface area contributed by atoms with Crippen LogP contribution in [0.4, 0.5) is 17.6 Å². The van der Waals surface area contributed by atoms with Crippen LogP contribution in [0.5, 0.6) is 0 Å². The molecule has 0 fully saturated rings. The summed E-state index contributed by atoms with van der Waals surface area (Å²) in [6, 6.07) is 0. The number of nitrogens with two attached hydrogens (primary N) is 3. The van der Waals surface area contributed by atoms with Crippen molar-refractivity contribution in [2.45, 2.75) is 51.9 Å². The third-order valence-electron chi connectivity index (χ3n) is 2.87. The Morgan fingerprint density at radius 3 is 1.94 bits per heavy atom. The van der Waals surface area contributed by atoms with Gasteiger partial charge in [-0.25, -0.2) is 0 Å². The lowest BCUT2D eigenvalue weighted by atomic mass is 10.1. The molecule has 6 N–H and O–H groups in total. The molecular formula is C12H23N5. The van der Waals surface area contributed by atoms with Crippen LogP contribution in [0, 0.1) is 0 Å². The van der Waals surface area contributed by atoms with Gasteiger partial charge in [0.1, 0.15) is 11.6 Å². The summed E-state index contributed by atoms with van der Waals surface area (Å²) in [5.41, 5.74) is 17.8. The molecule has 1 rings (SSSR count). The Kier molecular flexibility index (Phi) is 5.52. The molecule has 5 nitrogen and oxygen atoms in total. The summed E-state index contributed by atoms with van der Waals surface area (Å²) in [5.74, 6) is 0.985. The standard InChI is InChI=1S/C12H23N5/c1-2-3-4-5-6-7-8-9-10(13)16-12(15)17-11(9)14/h2-8H2,1H3,(H6,13,14,15,16,17). The van der Waals surface area contributed by atoms with Gasteiger partial charge in [0, 0.05) is 5.56 Å². The first-order valence-electron chi connectivity index (χ1n) is 6.32. The molecule has 0 saturated heterocycles. The number of unbranched alkanes of at least 4 members (excludes halogenated alkanes) is 5. The minimum Gasteiger partial charge on any atom is -0.383 e. The Balaban J connectivity index is 2.36. The summed E-state index contributed by atoms with van der Waals surface area (Å²) in [5, 5.41) is 0. The zero-order valence-corrected chi connectivity index (χ0v) is 10.6. The van der Waals surface area contributed by atoms with Crippen molar-refractivity contribution in [3.8, 4) is 0 Å². The van der Waals surface area contributed by atoms with Crippen LogP contribution in [0.15, 0.2) is 0 Å². The summed E-state index contributed by atoms with van der Waals surface area (Å²) in [6.07, 6.45) is 8.27. The van der Waals surface area contributed by atoms with E-state index in [-0.39, 0.29) is 5.95 Å². The molecule has 0 bridgehead atoms. The lowest BCUT2D eigenvalue weighted by Crippen LogP contribution is -2.08. The third-order valence-corrected chi connectivity index (χ3v) is 2.87. The van der Waals surface area contributed by atoms with Gasteiger partial charge in [-0.05, 0) is 12.8 Å². The van der Waals surface area contributed by atoms with Gasteiger partial charge in [-0.1, -0.05) is 39.0 Å². The molecule has 0 aromatic carbocycles. The van der Waals surface area contributed by atoms with E-state index in [1.54, 1.807) is 0 Å². The van der Waals surface area contributed by atoms with Gasteiger partial charge in [-0.2, -0.15) is 9.97 Å². The molecule has 0 atom stereocenters. The average Bonchev–Trinajstić information content (AvgIpc) is 2.26. The normalized spacial score (nSPS) is 10.6. The van der Waals surface area contributed by atoms with Crippen molar-refractivity contribution in [1.82, 2.24) is 9.97 Å². The van der Waals surface area contributed by atoms with E-state index >= 15 is 0 Å². The Morgan fingerprint density at radius 2 is 1.35 bits per heavy atom. The summed E-state index contributed by atoms with van der Waals surface area (Å²) < 4.78 is 0. The second-order valence-electron chi connectivity index (χ2n) is 4.35. The molecule has 0 aliphatic rings. The van der Waals surface area contributed by atoms with E-state index in [0.29, 0.717) is 11.6 Å². The maximum atomic E-state index is 5.77. The van der Waals surface area contributed by atoms with E-state index in [1.165, 1.54) is 32.1 Å². The van der Waals surface area contributed by atoms with Crippen LogP contribution in [0.2, 0.25) is 0 Å². The van der Waals surface area contributed by atoms with Crippen LogP contribution in [0.3, 0.4) is 0 Å². The molecule has 0 spiro atoms. The number of anilines is 3. The first-order chi connectivity index (χ1) is 8.15. The van der Waals surface area contributed by atoms with Gasteiger partial charge in [-0.15, -0.1) is 0 Å². The third kappa shape index (κ3) is 4.46. The molecule has 1 aromatic rings. The van der Waals surface area contributed by atoms with Crippen molar-refractivity contribution in [2.75, 3.05) is 17.2 Å². The van der Waals surface area contributed by atoms with Gasteiger partial charge in [0.15, 0.2) is 0 Å². The number of nitrogens with zero attached hydrogens (tertiary/aromatic N) is 2. The van der Waals surface area contributed by atoms with Crippen LogP contribution in [-0.2, 0) is 6.42 Å². The number of hydrogen-bond donors (Lipinski definition) is 3. The summed E-state index contributed by atoms with van der Waals surface area (Å²) in [4.78, 5) is 7.85. The van der Waals surface area contributed by atoms with Crippen molar-refractivity contribution in [3.63, 3.8) is 0 Å². The van der Waals surface area contributed by atoms with Crippen LogP contribution < -0.4 is 17.2 Å². The van der Waals surface area contributed by atoms with Crippen LogP contribution in [0.1, 0.15) is 51.0 Å². The molecule has 5 heteroatoms. The highest BCUT2D eigenvalue weighted by Gasteiger charge is 2.07. The summed E-state index contributed by atoms with van der Waals surface area (Å²) in [7, 11) is 0. The zero-order chi connectivity index (χ0) is 12.7. The summed E-state index contributed by atoms with van der Waals surface area (Å²) in [6.45, 7) is 2.22. The Labute approximate surface area is 103 Å². The van der Waals surface area contributed by atoms with Gasteiger partial charge in [0.05, 0.1) is 0 Å². The van der Waals surface area contributed by atoms with Crippen molar-refractivity contribution >= 4 is 17.6 Å². The minimum atomic E-state index is 0.145. The maximum Gasteiger partial charge on any atom is 0.223 e. The number of nitrogen functional groups attached to an aromatic ring is 3. The molecule has 0 amide bonds. The molecule has 1 aromatic heterocycles.